The Labute approximate surface area is 107 Å². The topological polar surface area (TPSA) is 38.0 Å². The number of hydrogen-bond donors (Lipinski definition) is 2. The van der Waals surface area contributed by atoms with E-state index >= 15 is 0 Å². The van der Waals surface area contributed by atoms with Gasteiger partial charge in [-0.05, 0) is 36.9 Å². The van der Waals surface area contributed by atoms with Crippen LogP contribution in [0.25, 0.3) is 0 Å². The van der Waals surface area contributed by atoms with Crippen molar-refractivity contribution in [1.82, 2.24) is 0 Å². The molecule has 4 heteroatoms. The van der Waals surface area contributed by atoms with Crippen molar-refractivity contribution in [2.75, 3.05) is 18.1 Å². The molecule has 0 amide bonds. The molecule has 0 spiro atoms. The molecule has 0 bridgehead atoms. The van der Waals surface area contributed by atoms with E-state index in [4.69, 9.17) is 18.0 Å². The molecule has 0 aromatic heterocycles. The highest BCUT2D eigenvalue weighted by Gasteiger charge is 1.99. The van der Waals surface area contributed by atoms with Crippen molar-refractivity contribution in [1.29, 1.82) is 0 Å². The maximum absolute atomic E-state index is 5.53. The monoisotopic (exact) mass is 254 g/mol. The van der Waals surface area contributed by atoms with Crippen LogP contribution in [0.15, 0.2) is 24.3 Å². The van der Waals surface area contributed by atoms with Crippen LogP contribution in [0.2, 0.25) is 0 Å². The predicted octanol–water partition coefficient (Wildman–Crippen LogP) is 2.87. The molecule has 0 aliphatic rings. The molecule has 3 N–H and O–H groups in total. The van der Waals surface area contributed by atoms with E-state index in [-0.39, 0.29) is 0 Å². The lowest BCUT2D eigenvalue weighted by molar-refractivity contribution is 0.854. The zero-order chi connectivity index (χ0) is 12.0. The molecular weight excluding hydrogens is 236 g/mol. The van der Waals surface area contributed by atoms with Crippen LogP contribution in [-0.4, -0.2) is 23.0 Å². The summed E-state index contributed by atoms with van der Waals surface area (Å²) < 4.78 is 0. The van der Waals surface area contributed by atoms with Crippen LogP contribution in [-0.2, 0) is 0 Å². The Morgan fingerprint density at radius 1 is 1.44 bits per heavy atom. The summed E-state index contributed by atoms with van der Waals surface area (Å²) in [7, 11) is 0. The van der Waals surface area contributed by atoms with E-state index in [1.807, 2.05) is 36.0 Å². The number of rotatable bonds is 6. The predicted molar refractivity (Wildman–Crippen MR) is 78.4 cm³/mol. The van der Waals surface area contributed by atoms with Crippen molar-refractivity contribution < 1.29 is 0 Å². The zero-order valence-corrected chi connectivity index (χ0v) is 11.3. The van der Waals surface area contributed by atoms with Gasteiger partial charge in [-0.1, -0.05) is 19.1 Å². The Hall–Kier alpha value is -0.740. The van der Waals surface area contributed by atoms with Crippen molar-refractivity contribution in [2.45, 2.75) is 18.6 Å². The fourth-order valence-corrected chi connectivity index (χ4v) is 1.78. The number of hydrogen-bond acceptors (Lipinski definition) is 3. The van der Waals surface area contributed by atoms with Crippen LogP contribution in [0.4, 0.5) is 5.69 Å². The van der Waals surface area contributed by atoms with Crippen molar-refractivity contribution in [3.05, 3.63) is 29.8 Å². The minimum atomic E-state index is 0.447. The molecule has 88 valence electrons. The van der Waals surface area contributed by atoms with Crippen LogP contribution < -0.4 is 11.1 Å². The lowest BCUT2D eigenvalue weighted by atomic mass is 10.2. The smallest absolute Gasteiger partial charge is 0.103 e. The molecule has 0 saturated heterocycles. The molecule has 0 aliphatic heterocycles. The second kappa shape index (κ2) is 6.76. The molecule has 0 fully saturated rings. The van der Waals surface area contributed by atoms with Gasteiger partial charge in [0.2, 0.25) is 0 Å². The van der Waals surface area contributed by atoms with Gasteiger partial charge in [0, 0.05) is 23.0 Å². The molecule has 1 unspecified atom stereocenters. The first-order valence-corrected chi connectivity index (χ1v) is 6.99. The second-order valence-electron chi connectivity index (χ2n) is 3.70. The third kappa shape index (κ3) is 4.41. The average Bonchev–Trinajstić information content (AvgIpc) is 2.29. The van der Waals surface area contributed by atoms with Gasteiger partial charge in [0.1, 0.15) is 4.99 Å². The van der Waals surface area contributed by atoms with Crippen LogP contribution in [0.1, 0.15) is 18.9 Å². The summed E-state index contributed by atoms with van der Waals surface area (Å²) in [6.07, 6.45) is 3.31. The number of anilines is 1. The molecular formula is C12H18N2S2. The van der Waals surface area contributed by atoms with Crippen LogP contribution in [0, 0.1) is 0 Å². The van der Waals surface area contributed by atoms with Gasteiger partial charge in [-0.25, -0.2) is 0 Å². The third-order valence-corrected chi connectivity index (χ3v) is 3.73. The number of nitrogens with one attached hydrogen (secondary N) is 1. The summed E-state index contributed by atoms with van der Waals surface area (Å²) in [4.78, 5) is 0.447. The Balaban J connectivity index is 2.40. The van der Waals surface area contributed by atoms with Crippen molar-refractivity contribution in [2.24, 2.45) is 5.73 Å². The van der Waals surface area contributed by atoms with Gasteiger partial charge >= 0.3 is 0 Å². The van der Waals surface area contributed by atoms with Crippen LogP contribution in [0.5, 0.6) is 0 Å². The highest BCUT2D eigenvalue weighted by molar-refractivity contribution is 7.99. The number of thiocarbonyl (C=S) groups is 1. The average molecular weight is 254 g/mol. The summed E-state index contributed by atoms with van der Waals surface area (Å²) >= 11 is 6.79. The molecule has 1 aromatic carbocycles. The van der Waals surface area contributed by atoms with E-state index in [1.54, 1.807) is 0 Å². The normalized spacial score (nSPS) is 12.1. The van der Waals surface area contributed by atoms with Gasteiger partial charge in [-0.15, -0.1) is 0 Å². The van der Waals surface area contributed by atoms with E-state index in [2.05, 4.69) is 18.5 Å². The molecule has 2 nitrogen and oxygen atoms in total. The van der Waals surface area contributed by atoms with E-state index < -0.39 is 0 Å². The number of nitrogens with two attached hydrogens (primary N) is 1. The van der Waals surface area contributed by atoms with E-state index in [0.29, 0.717) is 10.2 Å². The van der Waals surface area contributed by atoms with Gasteiger partial charge in [-0.2, -0.15) is 11.8 Å². The Kier molecular flexibility index (Phi) is 5.63. The molecule has 0 heterocycles. The van der Waals surface area contributed by atoms with E-state index in [9.17, 15) is 0 Å². The summed E-state index contributed by atoms with van der Waals surface area (Å²) in [6.45, 7) is 3.23. The summed E-state index contributed by atoms with van der Waals surface area (Å²) in [6, 6.07) is 7.92. The second-order valence-corrected chi connectivity index (χ2v) is 5.42. The molecule has 0 saturated carbocycles. The molecule has 1 atom stereocenters. The van der Waals surface area contributed by atoms with Gasteiger partial charge < -0.3 is 11.1 Å². The minimum absolute atomic E-state index is 0.447. The van der Waals surface area contributed by atoms with Crippen molar-refractivity contribution in [3.63, 3.8) is 0 Å². The third-order valence-electron chi connectivity index (χ3n) is 2.45. The SMILES string of the molecule is CSC(C)CCNc1ccc(C(N)=S)cc1. The molecule has 0 aliphatic carbocycles. The summed E-state index contributed by atoms with van der Waals surface area (Å²) in [5, 5.41) is 4.08. The van der Waals surface area contributed by atoms with Gasteiger partial charge in [-0.3, -0.25) is 0 Å². The lowest BCUT2D eigenvalue weighted by Crippen LogP contribution is -2.10. The highest BCUT2D eigenvalue weighted by Crippen LogP contribution is 2.12. The first-order chi connectivity index (χ1) is 7.63. The molecule has 1 aromatic rings. The number of benzene rings is 1. The highest BCUT2D eigenvalue weighted by atomic mass is 32.2. The molecule has 1 rings (SSSR count). The maximum atomic E-state index is 5.53. The molecule has 16 heavy (non-hydrogen) atoms. The van der Waals surface area contributed by atoms with Gasteiger partial charge in [0.25, 0.3) is 0 Å². The van der Waals surface area contributed by atoms with E-state index in [0.717, 1.165) is 24.2 Å². The summed E-state index contributed by atoms with van der Waals surface area (Å²) in [5.74, 6) is 0. The van der Waals surface area contributed by atoms with Gasteiger partial charge in [0.15, 0.2) is 0 Å². The Bertz CT molecular complexity index is 335. The van der Waals surface area contributed by atoms with E-state index in [1.165, 1.54) is 0 Å². The van der Waals surface area contributed by atoms with Gasteiger partial charge in [0.05, 0.1) is 0 Å². The Morgan fingerprint density at radius 2 is 2.06 bits per heavy atom. The minimum Gasteiger partial charge on any atom is -0.389 e. The zero-order valence-electron chi connectivity index (χ0n) is 9.69. The number of thioether (sulfide) groups is 1. The standard InChI is InChI=1S/C12H18N2S2/c1-9(16-2)7-8-14-11-5-3-10(4-6-11)12(13)15/h3-6,9,14H,7-8H2,1-2H3,(H2,13,15). The fraction of sp³-hybridized carbons (Fsp3) is 0.417. The molecule has 0 radical (unpaired) electrons. The first-order valence-electron chi connectivity index (χ1n) is 5.30. The Morgan fingerprint density at radius 3 is 2.56 bits per heavy atom. The van der Waals surface area contributed by atoms with Crippen molar-refractivity contribution >= 4 is 34.7 Å². The van der Waals surface area contributed by atoms with Crippen LogP contribution in [0.3, 0.4) is 0 Å². The largest absolute Gasteiger partial charge is 0.389 e. The quantitative estimate of drug-likeness (QED) is 0.766. The maximum Gasteiger partial charge on any atom is 0.103 e. The fourth-order valence-electron chi connectivity index (χ4n) is 1.29. The first kappa shape index (κ1) is 13.3. The lowest BCUT2D eigenvalue weighted by Gasteiger charge is -2.10. The van der Waals surface area contributed by atoms with Crippen molar-refractivity contribution in [3.8, 4) is 0 Å². The summed E-state index contributed by atoms with van der Waals surface area (Å²) in [5.41, 5.74) is 7.56. The van der Waals surface area contributed by atoms with Crippen LogP contribution >= 0.6 is 24.0 Å².